The highest BCUT2D eigenvalue weighted by atomic mass is 35.5. The van der Waals surface area contributed by atoms with E-state index in [1.807, 2.05) is 0 Å². The van der Waals surface area contributed by atoms with Gasteiger partial charge >= 0.3 is 5.97 Å². The summed E-state index contributed by atoms with van der Waals surface area (Å²) in [6.45, 7) is 0. The average molecular weight is 216 g/mol. The third-order valence-electron chi connectivity index (χ3n) is 0.765. The number of aliphatic carboxylic acids is 1. The summed E-state index contributed by atoms with van der Waals surface area (Å²) in [6, 6.07) is -0.871. The fourth-order valence-electron chi connectivity index (χ4n) is 0.286. The Bertz CT molecular complexity index is 170. The molecule has 0 spiro atoms. The normalized spacial score (nSPS) is 12.3. The number of carboxylic acid groups (broad SMARTS) is 1. The summed E-state index contributed by atoms with van der Waals surface area (Å²) in [4.78, 5) is 10.2. The molecule has 0 aliphatic heterocycles. The van der Waals surface area contributed by atoms with Crippen LogP contribution >= 0.6 is 35.0 Å². The van der Waals surface area contributed by atoms with Crippen LogP contribution in [0.1, 0.15) is 0 Å². The molecule has 0 aromatic carbocycles. The zero-order valence-electron chi connectivity index (χ0n) is 5.46. The van der Waals surface area contributed by atoms with Crippen LogP contribution in [0.15, 0.2) is 9.90 Å². The Hall–Kier alpha value is 0.1000. The Morgan fingerprint density at radius 2 is 2.27 bits per heavy atom. The van der Waals surface area contributed by atoms with Crippen LogP contribution < -0.4 is 5.73 Å². The zero-order valence-corrected chi connectivity index (χ0v) is 7.79. The van der Waals surface area contributed by atoms with Crippen molar-refractivity contribution in [3.8, 4) is 0 Å². The predicted octanol–water partition coefficient (Wildman–Crippen LogP) is 1.41. The highest BCUT2D eigenvalue weighted by molar-refractivity contribution is 8.02. The lowest BCUT2D eigenvalue weighted by Gasteiger charge is -2.01. The molecule has 3 N–H and O–H groups in total. The third-order valence-corrected chi connectivity index (χ3v) is 2.20. The van der Waals surface area contributed by atoms with E-state index in [9.17, 15) is 4.79 Å². The van der Waals surface area contributed by atoms with Gasteiger partial charge in [0.05, 0.1) is 0 Å². The summed E-state index contributed by atoms with van der Waals surface area (Å²) < 4.78 is 0.104. The van der Waals surface area contributed by atoms with E-state index < -0.39 is 12.0 Å². The zero-order chi connectivity index (χ0) is 8.85. The van der Waals surface area contributed by atoms with Gasteiger partial charge in [0, 0.05) is 11.2 Å². The molecule has 11 heavy (non-hydrogen) atoms. The van der Waals surface area contributed by atoms with Crippen molar-refractivity contribution >= 4 is 40.9 Å². The van der Waals surface area contributed by atoms with E-state index in [1.54, 1.807) is 0 Å². The second kappa shape index (κ2) is 5.71. The van der Waals surface area contributed by atoms with Gasteiger partial charge in [0.1, 0.15) is 10.5 Å². The minimum Gasteiger partial charge on any atom is -0.480 e. The monoisotopic (exact) mass is 215 g/mol. The molecule has 1 atom stereocenters. The molecular weight excluding hydrogens is 209 g/mol. The second-order valence-corrected chi connectivity index (χ2v) is 3.60. The fraction of sp³-hybridized carbons (Fsp3) is 0.400. The lowest BCUT2D eigenvalue weighted by atomic mass is 10.4. The van der Waals surface area contributed by atoms with Crippen molar-refractivity contribution < 1.29 is 9.90 Å². The highest BCUT2D eigenvalue weighted by Crippen LogP contribution is 2.14. The van der Waals surface area contributed by atoms with Crippen LogP contribution in [0.3, 0.4) is 0 Å². The number of hydrogen-bond acceptors (Lipinski definition) is 3. The fourth-order valence-corrected chi connectivity index (χ4v) is 1.24. The molecule has 64 valence electrons. The molecule has 0 radical (unpaired) electrons. The third kappa shape index (κ3) is 6.50. The maximum Gasteiger partial charge on any atom is 0.321 e. The minimum absolute atomic E-state index is 0.104. The van der Waals surface area contributed by atoms with Crippen LogP contribution in [0.4, 0.5) is 0 Å². The van der Waals surface area contributed by atoms with Crippen molar-refractivity contribution in [2.45, 2.75) is 6.04 Å². The van der Waals surface area contributed by atoms with Crippen LogP contribution in [0.2, 0.25) is 0 Å². The topological polar surface area (TPSA) is 63.3 Å². The van der Waals surface area contributed by atoms with Gasteiger partial charge in [-0.05, 0) is 0 Å². The van der Waals surface area contributed by atoms with Gasteiger partial charge in [-0.2, -0.15) is 0 Å². The lowest BCUT2D eigenvalue weighted by molar-refractivity contribution is -0.137. The number of rotatable bonds is 4. The van der Waals surface area contributed by atoms with Gasteiger partial charge in [-0.3, -0.25) is 4.79 Å². The van der Waals surface area contributed by atoms with E-state index in [4.69, 9.17) is 34.0 Å². The van der Waals surface area contributed by atoms with E-state index in [0.717, 1.165) is 0 Å². The Morgan fingerprint density at radius 3 is 2.64 bits per heavy atom. The SMILES string of the molecule is NC(CSC=C(Cl)Cl)C(=O)O. The summed E-state index contributed by atoms with van der Waals surface area (Å²) in [5.41, 5.74) is 5.17. The molecule has 1 unspecified atom stereocenters. The number of thioether (sulfide) groups is 1. The number of halogens is 2. The molecule has 0 amide bonds. The molecular formula is C5H7Cl2NO2S. The van der Waals surface area contributed by atoms with Crippen molar-refractivity contribution in [1.29, 1.82) is 0 Å². The van der Waals surface area contributed by atoms with Gasteiger partial charge < -0.3 is 10.8 Å². The summed E-state index contributed by atoms with van der Waals surface area (Å²) in [5.74, 6) is -0.769. The standard InChI is InChI=1S/C5H7Cl2NO2S/c6-4(7)2-11-1-3(8)5(9)10/h2-3H,1,8H2,(H,9,10). The summed E-state index contributed by atoms with van der Waals surface area (Å²) in [7, 11) is 0. The van der Waals surface area contributed by atoms with E-state index in [1.165, 1.54) is 17.2 Å². The van der Waals surface area contributed by atoms with Crippen LogP contribution in [0.25, 0.3) is 0 Å². The second-order valence-electron chi connectivity index (χ2n) is 1.69. The van der Waals surface area contributed by atoms with Crippen molar-refractivity contribution in [2.24, 2.45) is 5.73 Å². The molecule has 0 saturated carbocycles. The van der Waals surface area contributed by atoms with Crippen molar-refractivity contribution in [3.05, 3.63) is 9.90 Å². The molecule has 0 aliphatic carbocycles. The average Bonchev–Trinajstić information content (AvgIpc) is 1.86. The van der Waals surface area contributed by atoms with Gasteiger partial charge in [-0.25, -0.2) is 0 Å². The van der Waals surface area contributed by atoms with Gasteiger partial charge in [-0.15, -0.1) is 11.8 Å². The molecule has 0 fully saturated rings. The molecule has 0 aromatic heterocycles. The summed E-state index contributed by atoms with van der Waals surface area (Å²) in [5, 5.41) is 9.76. The molecule has 6 heteroatoms. The molecule has 0 rings (SSSR count). The molecule has 3 nitrogen and oxygen atoms in total. The molecule has 0 saturated heterocycles. The van der Waals surface area contributed by atoms with Crippen molar-refractivity contribution in [2.75, 3.05) is 5.75 Å². The van der Waals surface area contributed by atoms with E-state index in [-0.39, 0.29) is 10.2 Å². The summed E-state index contributed by atoms with van der Waals surface area (Å²) in [6.07, 6.45) is 0. The number of carbonyl (C=O) groups is 1. The first kappa shape index (κ1) is 11.1. The summed E-state index contributed by atoms with van der Waals surface area (Å²) >= 11 is 11.7. The van der Waals surface area contributed by atoms with Crippen LogP contribution in [0.5, 0.6) is 0 Å². The number of carboxylic acids is 1. The van der Waals surface area contributed by atoms with Crippen molar-refractivity contribution in [1.82, 2.24) is 0 Å². The minimum atomic E-state index is -1.03. The van der Waals surface area contributed by atoms with E-state index >= 15 is 0 Å². The maximum atomic E-state index is 10.2. The van der Waals surface area contributed by atoms with Gasteiger partial charge in [0.25, 0.3) is 0 Å². The van der Waals surface area contributed by atoms with Crippen LogP contribution in [-0.4, -0.2) is 22.9 Å². The van der Waals surface area contributed by atoms with E-state index in [0.29, 0.717) is 0 Å². The maximum absolute atomic E-state index is 10.2. The highest BCUT2D eigenvalue weighted by Gasteiger charge is 2.09. The molecule has 0 heterocycles. The van der Waals surface area contributed by atoms with Gasteiger partial charge in [0.15, 0.2) is 0 Å². The van der Waals surface area contributed by atoms with Gasteiger partial charge in [0.2, 0.25) is 0 Å². The number of hydrogen-bond donors (Lipinski definition) is 2. The number of nitrogens with two attached hydrogens (primary N) is 1. The first-order valence-electron chi connectivity index (χ1n) is 2.65. The van der Waals surface area contributed by atoms with Crippen LogP contribution in [-0.2, 0) is 4.79 Å². The lowest BCUT2D eigenvalue weighted by Crippen LogP contribution is -2.32. The quantitative estimate of drug-likeness (QED) is 0.745. The Morgan fingerprint density at radius 1 is 1.73 bits per heavy atom. The first-order valence-corrected chi connectivity index (χ1v) is 4.45. The smallest absolute Gasteiger partial charge is 0.321 e. The van der Waals surface area contributed by atoms with E-state index in [2.05, 4.69) is 0 Å². The molecule has 0 aliphatic rings. The van der Waals surface area contributed by atoms with Gasteiger partial charge in [-0.1, -0.05) is 23.2 Å². The predicted molar refractivity (Wildman–Crippen MR) is 47.9 cm³/mol. The molecule has 0 bridgehead atoms. The van der Waals surface area contributed by atoms with Crippen molar-refractivity contribution in [3.63, 3.8) is 0 Å². The Balaban J connectivity index is 3.55. The largest absolute Gasteiger partial charge is 0.480 e. The molecule has 0 aromatic rings. The Labute approximate surface area is 78.5 Å². The Kier molecular flexibility index (Phi) is 5.76. The van der Waals surface area contributed by atoms with Crippen LogP contribution in [0, 0.1) is 0 Å². The first-order chi connectivity index (χ1) is 5.04.